The second-order valence-corrected chi connectivity index (χ2v) is 7.71. The van der Waals surface area contributed by atoms with Gasteiger partial charge in [-0.25, -0.2) is 9.78 Å². The molecule has 0 aliphatic carbocycles. The van der Waals surface area contributed by atoms with Gasteiger partial charge >= 0.3 is 6.03 Å². The van der Waals surface area contributed by atoms with Crippen molar-refractivity contribution >= 4 is 6.03 Å². The van der Waals surface area contributed by atoms with E-state index in [4.69, 9.17) is 9.15 Å². The van der Waals surface area contributed by atoms with Gasteiger partial charge in [-0.3, -0.25) is 5.10 Å². The van der Waals surface area contributed by atoms with E-state index in [1.807, 2.05) is 0 Å². The van der Waals surface area contributed by atoms with E-state index in [1.54, 1.807) is 18.4 Å². The molecule has 1 fully saturated rings. The normalized spacial score (nSPS) is 20.7. The number of urea groups is 1. The summed E-state index contributed by atoms with van der Waals surface area (Å²) in [6, 6.07) is 3.33. The average molecular weight is 361 g/mol. The second-order valence-electron chi connectivity index (χ2n) is 7.71. The highest BCUT2D eigenvalue weighted by Gasteiger charge is 2.35. The Kier molecular flexibility index (Phi) is 5.61. The van der Waals surface area contributed by atoms with Gasteiger partial charge < -0.3 is 19.8 Å². The summed E-state index contributed by atoms with van der Waals surface area (Å²) in [5.41, 5.74) is 0.0608. The van der Waals surface area contributed by atoms with Gasteiger partial charge in [0.15, 0.2) is 5.76 Å². The zero-order chi connectivity index (χ0) is 18.6. The van der Waals surface area contributed by atoms with E-state index in [0.717, 1.165) is 19.4 Å². The number of H-pyrrole nitrogens is 1. The molecular weight excluding hydrogens is 334 g/mol. The molecule has 2 aromatic heterocycles. The molecule has 0 radical (unpaired) electrons. The number of aromatic amines is 1. The summed E-state index contributed by atoms with van der Waals surface area (Å²) in [5.74, 6) is 1.95. The molecule has 0 spiro atoms. The monoisotopic (exact) mass is 361 g/mol. The molecule has 2 amide bonds. The van der Waals surface area contributed by atoms with Crippen LogP contribution in [0.15, 0.2) is 22.8 Å². The lowest BCUT2D eigenvalue weighted by molar-refractivity contribution is -0.0837. The molecule has 1 aliphatic heterocycles. The fourth-order valence-corrected chi connectivity index (χ4v) is 3.35. The number of furan rings is 1. The molecule has 0 saturated carbocycles. The third-order valence-electron chi connectivity index (χ3n) is 4.51. The molecular formula is C18H27N5O3. The molecule has 142 valence electrons. The maximum atomic E-state index is 12.1. The summed E-state index contributed by atoms with van der Waals surface area (Å²) < 4.78 is 11.2. The molecule has 8 nitrogen and oxygen atoms in total. The quantitative estimate of drug-likeness (QED) is 0.759. The van der Waals surface area contributed by atoms with Crippen molar-refractivity contribution in [3.63, 3.8) is 0 Å². The van der Waals surface area contributed by atoms with Crippen LogP contribution in [-0.2, 0) is 11.3 Å². The number of amides is 2. The topological polar surface area (TPSA) is 105 Å². The van der Waals surface area contributed by atoms with Crippen molar-refractivity contribution in [3.05, 3.63) is 24.2 Å². The molecule has 1 aliphatic rings. The van der Waals surface area contributed by atoms with Gasteiger partial charge in [-0.1, -0.05) is 20.8 Å². The van der Waals surface area contributed by atoms with E-state index in [1.165, 1.54) is 0 Å². The predicted molar refractivity (Wildman–Crippen MR) is 96.2 cm³/mol. The number of carbonyl (C=O) groups is 1. The number of nitrogens with zero attached hydrogens (tertiary/aromatic N) is 2. The first-order valence-corrected chi connectivity index (χ1v) is 9.02. The van der Waals surface area contributed by atoms with Crippen LogP contribution in [0.3, 0.4) is 0 Å². The molecule has 3 rings (SSSR count). The van der Waals surface area contributed by atoms with Crippen molar-refractivity contribution in [1.82, 2.24) is 25.8 Å². The molecule has 3 N–H and O–H groups in total. The van der Waals surface area contributed by atoms with Gasteiger partial charge in [-0.15, -0.1) is 5.10 Å². The zero-order valence-electron chi connectivity index (χ0n) is 15.5. The molecule has 0 aromatic carbocycles. The highest BCUT2D eigenvalue weighted by molar-refractivity contribution is 5.73. The van der Waals surface area contributed by atoms with Crippen LogP contribution in [0, 0.1) is 11.3 Å². The third kappa shape index (κ3) is 4.63. The van der Waals surface area contributed by atoms with Gasteiger partial charge in [-0.05, 0) is 30.4 Å². The summed E-state index contributed by atoms with van der Waals surface area (Å²) in [4.78, 5) is 16.4. The molecule has 2 atom stereocenters. The predicted octanol–water partition coefficient (Wildman–Crippen LogP) is 2.71. The Bertz CT molecular complexity index is 705. The minimum Gasteiger partial charge on any atom is -0.461 e. The molecule has 2 aromatic rings. The van der Waals surface area contributed by atoms with Gasteiger partial charge in [0.05, 0.1) is 18.9 Å². The molecule has 8 heteroatoms. The number of rotatable bonds is 5. The lowest BCUT2D eigenvalue weighted by Gasteiger charge is -2.40. The summed E-state index contributed by atoms with van der Waals surface area (Å²) in [6.45, 7) is 8.20. The summed E-state index contributed by atoms with van der Waals surface area (Å²) in [5, 5.41) is 12.6. The van der Waals surface area contributed by atoms with Crippen molar-refractivity contribution in [2.24, 2.45) is 11.3 Å². The van der Waals surface area contributed by atoms with Crippen LogP contribution in [0.2, 0.25) is 0 Å². The average Bonchev–Trinajstić information content (AvgIpc) is 3.28. The first-order chi connectivity index (χ1) is 12.4. The third-order valence-corrected chi connectivity index (χ3v) is 4.51. The Labute approximate surface area is 153 Å². The van der Waals surface area contributed by atoms with Crippen molar-refractivity contribution in [3.8, 4) is 11.6 Å². The summed E-state index contributed by atoms with van der Waals surface area (Å²) in [7, 11) is 0. The van der Waals surface area contributed by atoms with Crippen LogP contribution in [-0.4, -0.2) is 40.5 Å². The van der Waals surface area contributed by atoms with E-state index in [2.05, 4.69) is 46.6 Å². The van der Waals surface area contributed by atoms with Crippen LogP contribution >= 0.6 is 0 Å². The molecule has 2 unspecified atom stereocenters. The molecule has 3 heterocycles. The number of aromatic nitrogens is 3. The largest absolute Gasteiger partial charge is 0.461 e. The Morgan fingerprint density at radius 1 is 1.38 bits per heavy atom. The maximum absolute atomic E-state index is 12.1. The number of carbonyl (C=O) groups excluding carboxylic acids is 1. The fourth-order valence-electron chi connectivity index (χ4n) is 3.35. The number of nitrogens with one attached hydrogen (secondary N) is 3. The van der Waals surface area contributed by atoms with E-state index < -0.39 is 0 Å². The Hall–Kier alpha value is -2.35. The minimum absolute atomic E-state index is 0.0608. The van der Waals surface area contributed by atoms with Gasteiger partial charge in [-0.2, -0.15) is 0 Å². The van der Waals surface area contributed by atoms with Crippen LogP contribution in [0.5, 0.6) is 0 Å². The van der Waals surface area contributed by atoms with E-state index in [0.29, 0.717) is 29.9 Å². The maximum Gasteiger partial charge on any atom is 0.315 e. The van der Waals surface area contributed by atoms with Gasteiger partial charge in [0.2, 0.25) is 5.82 Å². The summed E-state index contributed by atoms with van der Waals surface area (Å²) in [6.07, 6.45) is 3.82. The van der Waals surface area contributed by atoms with E-state index >= 15 is 0 Å². The van der Waals surface area contributed by atoms with Crippen LogP contribution < -0.4 is 10.6 Å². The standard InChI is InChI=1S/C18H27N5O3/c1-18(2,3)15-12(6-4-9-26-15)10-19-17(24)20-11-14-21-16(23-22-14)13-7-5-8-25-13/h5,7-8,12,15H,4,6,9-11H2,1-3H3,(H2,19,20,24)(H,21,22,23). The van der Waals surface area contributed by atoms with E-state index in [-0.39, 0.29) is 24.1 Å². The van der Waals surface area contributed by atoms with Gasteiger partial charge in [0.25, 0.3) is 0 Å². The van der Waals surface area contributed by atoms with Crippen molar-refractivity contribution in [2.75, 3.05) is 13.2 Å². The van der Waals surface area contributed by atoms with Crippen LogP contribution in [0.25, 0.3) is 11.6 Å². The Morgan fingerprint density at radius 2 is 2.23 bits per heavy atom. The minimum atomic E-state index is -0.223. The van der Waals surface area contributed by atoms with Crippen molar-refractivity contribution in [2.45, 2.75) is 46.3 Å². The second kappa shape index (κ2) is 7.90. The smallest absolute Gasteiger partial charge is 0.315 e. The molecule has 0 bridgehead atoms. The van der Waals surface area contributed by atoms with Crippen LogP contribution in [0.4, 0.5) is 4.79 Å². The zero-order valence-corrected chi connectivity index (χ0v) is 15.5. The van der Waals surface area contributed by atoms with Gasteiger partial charge in [0, 0.05) is 19.1 Å². The first kappa shape index (κ1) is 18.4. The lowest BCUT2D eigenvalue weighted by atomic mass is 9.78. The highest BCUT2D eigenvalue weighted by Crippen LogP contribution is 2.33. The molecule has 1 saturated heterocycles. The van der Waals surface area contributed by atoms with E-state index in [9.17, 15) is 4.79 Å². The van der Waals surface area contributed by atoms with Crippen molar-refractivity contribution < 1.29 is 13.9 Å². The SMILES string of the molecule is CC(C)(C)C1OCCCC1CNC(=O)NCc1nc(-c2ccco2)n[nH]1. The fraction of sp³-hybridized carbons (Fsp3) is 0.611. The first-order valence-electron chi connectivity index (χ1n) is 9.02. The number of ether oxygens (including phenoxy) is 1. The number of hydrogen-bond donors (Lipinski definition) is 3. The van der Waals surface area contributed by atoms with Crippen molar-refractivity contribution in [1.29, 1.82) is 0 Å². The Morgan fingerprint density at radius 3 is 2.96 bits per heavy atom. The lowest BCUT2D eigenvalue weighted by Crippen LogP contribution is -2.47. The highest BCUT2D eigenvalue weighted by atomic mass is 16.5. The van der Waals surface area contributed by atoms with Crippen LogP contribution in [0.1, 0.15) is 39.4 Å². The number of hydrogen-bond acceptors (Lipinski definition) is 5. The molecule has 26 heavy (non-hydrogen) atoms. The van der Waals surface area contributed by atoms with Gasteiger partial charge in [0.1, 0.15) is 5.82 Å². The Balaban J connectivity index is 1.45. The summed E-state index contributed by atoms with van der Waals surface area (Å²) >= 11 is 0.